The Hall–Kier alpha value is -2.48. The number of para-hydroxylation sites is 1. The molecule has 154 valence electrons. The number of rotatable bonds is 5. The molecule has 2 aromatic carbocycles. The molecule has 0 bridgehead atoms. The van der Waals surface area contributed by atoms with E-state index in [0.29, 0.717) is 31.2 Å². The zero-order valence-electron chi connectivity index (χ0n) is 16.2. The Bertz CT molecular complexity index is 1110. The molecule has 0 saturated carbocycles. The number of benzene rings is 2. The van der Waals surface area contributed by atoms with Crippen molar-refractivity contribution in [2.24, 2.45) is 0 Å². The van der Waals surface area contributed by atoms with Crippen LogP contribution in [0.5, 0.6) is 11.5 Å². The largest absolute Gasteiger partial charge is 0.486 e. The standard InChI is InChI=1S/C21H22N2O4S.ClH/c1-15-17(13-22-2)14-23(20(15)16-7-4-3-5-8-16)28(24,25)19-10-6-9-18-21(19)27-12-11-26-18;/h3-10,14,22H,11-13H2,1-2H3;1H. The van der Waals surface area contributed by atoms with Gasteiger partial charge in [0.1, 0.15) is 18.1 Å². The minimum absolute atomic E-state index is 0. The van der Waals surface area contributed by atoms with Crippen LogP contribution in [-0.2, 0) is 16.6 Å². The van der Waals surface area contributed by atoms with Crippen LogP contribution < -0.4 is 14.8 Å². The molecule has 1 N–H and O–H groups in total. The van der Waals surface area contributed by atoms with Crippen molar-refractivity contribution in [2.75, 3.05) is 20.3 Å². The van der Waals surface area contributed by atoms with Crippen LogP contribution in [-0.4, -0.2) is 32.7 Å². The van der Waals surface area contributed by atoms with Crippen molar-refractivity contribution in [3.63, 3.8) is 0 Å². The highest BCUT2D eigenvalue weighted by atomic mass is 35.5. The molecule has 0 aliphatic carbocycles. The fraction of sp³-hybridized carbons (Fsp3) is 0.238. The second-order valence-electron chi connectivity index (χ2n) is 6.61. The van der Waals surface area contributed by atoms with Gasteiger partial charge in [-0.1, -0.05) is 36.4 Å². The summed E-state index contributed by atoms with van der Waals surface area (Å²) in [7, 11) is -2.06. The Balaban J connectivity index is 0.00000240. The summed E-state index contributed by atoms with van der Waals surface area (Å²) >= 11 is 0. The molecule has 3 aromatic rings. The van der Waals surface area contributed by atoms with E-state index in [9.17, 15) is 8.42 Å². The van der Waals surface area contributed by atoms with Gasteiger partial charge in [-0.25, -0.2) is 12.4 Å². The van der Waals surface area contributed by atoms with E-state index in [-0.39, 0.29) is 23.1 Å². The van der Waals surface area contributed by atoms with Gasteiger partial charge in [0.05, 0.1) is 5.69 Å². The van der Waals surface area contributed by atoms with E-state index < -0.39 is 10.0 Å². The monoisotopic (exact) mass is 434 g/mol. The first-order chi connectivity index (χ1) is 13.5. The van der Waals surface area contributed by atoms with Gasteiger partial charge in [-0.05, 0) is 42.8 Å². The Kier molecular flexibility index (Phi) is 6.21. The first kappa shape index (κ1) is 21.2. The van der Waals surface area contributed by atoms with Gasteiger partial charge in [-0.3, -0.25) is 0 Å². The van der Waals surface area contributed by atoms with Crippen molar-refractivity contribution in [3.05, 3.63) is 65.9 Å². The van der Waals surface area contributed by atoms with Crippen LogP contribution in [0, 0.1) is 6.92 Å². The zero-order chi connectivity index (χ0) is 19.7. The van der Waals surface area contributed by atoms with Crippen LogP contribution in [0.15, 0.2) is 59.6 Å². The van der Waals surface area contributed by atoms with Crippen LogP contribution in [0.4, 0.5) is 0 Å². The summed E-state index contributed by atoms with van der Waals surface area (Å²) in [6.07, 6.45) is 1.69. The maximum absolute atomic E-state index is 13.7. The number of nitrogens with one attached hydrogen (secondary N) is 1. The summed E-state index contributed by atoms with van der Waals surface area (Å²) in [6, 6.07) is 14.5. The van der Waals surface area contributed by atoms with Gasteiger partial charge in [-0.2, -0.15) is 0 Å². The summed E-state index contributed by atoms with van der Waals surface area (Å²) in [5, 5.41) is 3.11. The van der Waals surface area contributed by atoms with Crippen molar-refractivity contribution in [2.45, 2.75) is 18.4 Å². The van der Waals surface area contributed by atoms with Gasteiger partial charge in [0.2, 0.25) is 0 Å². The van der Waals surface area contributed by atoms with Crippen LogP contribution in [0.3, 0.4) is 0 Å². The van der Waals surface area contributed by atoms with Crippen molar-refractivity contribution in [3.8, 4) is 22.8 Å². The lowest BCUT2D eigenvalue weighted by molar-refractivity contribution is 0.167. The van der Waals surface area contributed by atoms with Gasteiger partial charge in [0, 0.05) is 12.7 Å². The number of fused-ring (bicyclic) bond motifs is 1. The molecule has 0 spiro atoms. The molecule has 2 heterocycles. The quantitative estimate of drug-likeness (QED) is 0.664. The van der Waals surface area contributed by atoms with E-state index in [4.69, 9.17) is 9.47 Å². The summed E-state index contributed by atoms with van der Waals surface area (Å²) in [5.41, 5.74) is 3.34. The van der Waals surface area contributed by atoms with Crippen molar-refractivity contribution in [1.29, 1.82) is 0 Å². The number of ether oxygens (including phenoxy) is 2. The first-order valence-electron chi connectivity index (χ1n) is 9.09. The van der Waals surface area contributed by atoms with Gasteiger partial charge < -0.3 is 14.8 Å². The second kappa shape index (κ2) is 8.49. The molecule has 0 amide bonds. The SMILES string of the molecule is CNCc1cn(S(=O)(=O)c2cccc3c2OCCO3)c(-c2ccccc2)c1C.Cl. The Morgan fingerprint density at radius 1 is 1.03 bits per heavy atom. The van der Waals surface area contributed by atoms with E-state index in [1.807, 2.05) is 44.3 Å². The highest BCUT2D eigenvalue weighted by Gasteiger charge is 2.30. The number of aromatic nitrogens is 1. The fourth-order valence-electron chi connectivity index (χ4n) is 3.47. The first-order valence-corrected chi connectivity index (χ1v) is 10.5. The molecule has 0 saturated heterocycles. The second-order valence-corrected chi connectivity index (χ2v) is 8.39. The molecule has 1 aliphatic heterocycles. The van der Waals surface area contributed by atoms with Crippen molar-refractivity contribution >= 4 is 22.4 Å². The fourth-order valence-corrected chi connectivity index (χ4v) is 5.08. The van der Waals surface area contributed by atoms with Crippen LogP contribution >= 0.6 is 12.4 Å². The summed E-state index contributed by atoms with van der Waals surface area (Å²) < 4.78 is 39.9. The summed E-state index contributed by atoms with van der Waals surface area (Å²) in [6.45, 7) is 3.24. The van der Waals surface area contributed by atoms with Crippen LogP contribution in [0.1, 0.15) is 11.1 Å². The van der Waals surface area contributed by atoms with E-state index in [1.54, 1.807) is 24.4 Å². The number of halogens is 1. The predicted octanol–water partition coefficient (Wildman–Crippen LogP) is 3.61. The molecule has 8 heteroatoms. The topological polar surface area (TPSA) is 69.6 Å². The molecule has 0 unspecified atom stereocenters. The van der Waals surface area contributed by atoms with Gasteiger partial charge in [-0.15, -0.1) is 12.4 Å². The minimum Gasteiger partial charge on any atom is -0.486 e. The lowest BCUT2D eigenvalue weighted by Crippen LogP contribution is -2.20. The third-order valence-electron chi connectivity index (χ3n) is 4.81. The van der Waals surface area contributed by atoms with E-state index in [0.717, 1.165) is 16.7 Å². The Morgan fingerprint density at radius 3 is 2.48 bits per heavy atom. The molecular formula is C21H23ClN2O4S. The van der Waals surface area contributed by atoms with Crippen LogP contribution in [0.25, 0.3) is 11.3 Å². The molecule has 0 radical (unpaired) electrons. The summed E-state index contributed by atoms with van der Waals surface area (Å²) in [4.78, 5) is 0.105. The lowest BCUT2D eigenvalue weighted by Gasteiger charge is -2.21. The van der Waals surface area contributed by atoms with Crippen molar-refractivity contribution in [1.82, 2.24) is 9.29 Å². The number of nitrogens with zero attached hydrogens (tertiary/aromatic N) is 1. The number of hydrogen-bond donors (Lipinski definition) is 1. The normalized spacial score (nSPS) is 13.0. The molecule has 29 heavy (non-hydrogen) atoms. The molecule has 1 aromatic heterocycles. The molecule has 0 fully saturated rings. The number of hydrogen-bond acceptors (Lipinski definition) is 5. The third-order valence-corrected chi connectivity index (χ3v) is 6.49. The molecule has 4 rings (SSSR count). The minimum atomic E-state index is -3.90. The average molecular weight is 435 g/mol. The highest BCUT2D eigenvalue weighted by Crippen LogP contribution is 2.39. The molecular weight excluding hydrogens is 412 g/mol. The Morgan fingerprint density at radius 2 is 1.76 bits per heavy atom. The molecule has 0 atom stereocenters. The lowest BCUT2D eigenvalue weighted by atomic mass is 10.1. The maximum Gasteiger partial charge on any atom is 0.272 e. The third kappa shape index (κ3) is 3.73. The highest BCUT2D eigenvalue weighted by molar-refractivity contribution is 7.90. The maximum atomic E-state index is 13.7. The van der Waals surface area contributed by atoms with Crippen molar-refractivity contribution < 1.29 is 17.9 Å². The van der Waals surface area contributed by atoms with Crippen LogP contribution in [0.2, 0.25) is 0 Å². The smallest absolute Gasteiger partial charge is 0.272 e. The van der Waals surface area contributed by atoms with E-state index >= 15 is 0 Å². The summed E-state index contributed by atoms with van der Waals surface area (Å²) in [5.74, 6) is 0.724. The average Bonchev–Trinajstić information content (AvgIpc) is 3.05. The van der Waals surface area contributed by atoms with E-state index in [1.165, 1.54) is 3.97 Å². The van der Waals surface area contributed by atoms with Gasteiger partial charge in [0.15, 0.2) is 11.5 Å². The van der Waals surface area contributed by atoms with E-state index in [2.05, 4.69) is 5.32 Å². The van der Waals surface area contributed by atoms with Gasteiger partial charge >= 0.3 is 0 Å². The van der Waals surface area contributed by atoms with Gasteiger partial charge in [0.25, 0.3) is 10.0 Å². The zero-order valence-corrected chi connectivity index (χ0v) is 17.8. The molecule has 1 aliphatic rings. The predicted molar refractivity (Wildman–Crippen MR) is 115 cm³/mol. The molecule has 6 nitrogen and oxygen atoms in total. The Labute approximate surface area is 176 Å².